The van der Waals surface area contributed by atoms with E-state index in [-0.39, 0.29) is 5.56 Å². The Balaban J connectivity index is 2.33. The van der Waals surface area contributed by atoms with Crippen molar-refractivity contribution >= 4 is 22.1 Å². The number of anilines is 1. The molecule has 2 aromatic heterocycles. The summed E-state index contributed by atoms with van der Waals surface area (Å²) in [5.74, 6) is 0.481. The van der Waals surface area contributed by atoms with Gasteiger partial charge in [0.15, 0.2) is 5.69 Å². The van der Waals surface area contributed by atoms with Crippen LogP contribution < -0.4 is 11.3 Å². The van der Waals surface area contributed by atoms with Crippen molar-refractivity contribution < 1.29 is 0 Å². The molecule has 0 saturated heterocycles. The van der Waals surface area contributed by atoms with Gasteiger partial charge in [0, 0.05) is 10.9 Å². The number of nitrogens with two attached hydrogens (primary N) is 1. The molecule has 0 amide bonds. The Hall–Kier alpha value is -2.21. The van der Waals surface area contributed by atoms with Crippen LogP contribution in [0.2, 0.25) is 0 Å². The predicted octanol–water partition coefficient (Wildman–Crippen LogP) is 1.40. The lowest BCUT2D eigenvalue weighted by Crippen LogP contribution is -2.15. The lowest BCUT2D eigenvalue weighted by Gasteiger charge is -2.00. The quantitative estimate of drug-likeness (QED) is 0.702. The molecule has 2 heterocycles. The lowest BCUT2D eigenvalue weighted by atomic mass is 10.2. The molecule has 17 heavy (non-hydrogen) atoms. The van der Waals surface area contributed by atoms with Gasteiger partial charge in [-0.2, -0.15) is 14.6 Å². The Kier molecular flexibility index (Phi) is 2.15. The van der Waals surface area contributed by atoms with Crippen molar-refractivity contribution in [3.8, 4) is 11.3 Å². The molecule has 0 fully saturated rings. The number of nitrogens with zero attached hydrogens (tertiary/aromatic N) is 3. The van der Waals surface area contributed by atoms with Crippen LogP contribution in [-0.4, -0.2) is 14.6 Å². The molecular formula is C11H8N4OS. The van der Waals surface area contributed by atoms with Gasteiger partial charge < -0.3 is 5.73 Å². The second-order valence-electron chi connectivity index (χ2n) is 3.49. The topological polar surface area (TPSA) is 73.3 Å². The van der Waals surface area contributed by atoms with Crippen LogP contribution in [0.3, 0.4) is 0 Å². The molecule has 0 unspecified atom stereocenters. The fraction of sp³-hybridized carbons (Fsp3) is 0. The van der Waals surface area contributed by atoms with Crippen molar-refractivity contribution in [2.75, 3.05) is 5.73 Å². The Bertz CT molecular complexity index is 732. The number of rotatable bonds is 1. The highest BCUT2D eigenvalue weighted by Crippen LogP contribution is 2.16. The predicted molar refractivity (Wildman–Crippen MR) is 67.0 cm³/mol. The number of benzene rings is 1. The Morgan fingerprint density at radius 1 is 1.24 bits per heavy atom. The zero-order valence-corrected chi connectivity index (χ0v) is 9.52. The number of thiazole rings is 1. The minimum atomic E-state index is -0.335. The maximum absolute atomic E-state index is 11.8. The smallest absolute Gasteiger partial charge is 0.300 e. The molecule has 0 aliphatic rings. The molecule has 6 heteroatoms. The largest absolute Gasteiger partial charge is 0.383 e. The van der Waals surface area contributed by atoms with E-state index in [0.29, 0.717) is 16.5 Å². The van der Waals surface area contributed by atoms with Gasteiger partial charge in [-0.15, -0.1) is 11.3 Å². The summed E-state index contributed by atoms with van der Waals surface area (Å²) in [6.45, 7) is 0. The Morgan fingerprint density at radius 3 is 2.76 bits per heavy atom. The van der Waals surface area contributed by atoms with Crippen LogP contribution in [0.5, 0.6) is 0 Å². The molecule has 0 atom stereocenters. The van der Waals surface area contributed by atoms with Crippen LogP contribution in [0, 0.1) is 0 Å². The van der Waals surface area contributed by atoms with Gasteiger partial charge in [-0.05, 0) is 0 Å². The summed E-state index contributed by atoms with van der Waals surface area (Å²) in [6, 6.07) is 9.22. The number of nitrogen functional groups attached to an aromatic ring is 1. The minimum Gasteiger partial charge on any atom is -0.383 e. The molecule has 0 bridgehead atoms. The van der Waals surface area contributed by atoms with Crippen LogP contribution in [0.15, 0.2) is 40.5 Å². The summed E-state index contributed by atoms with van der Waals surface area (Å²) in [4.78, 5) is 16.3. The molecule has 1 aromatic carbocycles. The first-order valence-electron chi connectivity index (χ1n) is 4.95. The third-order valence-corrected chi connectivity index (χ3v) is 3.19. The summed E-state index contributed by atoms with van der Waals surface area (Å²) in [6.07, 6.45) is 0. The van der Waals surface area contributed by atoms with Gasteiger partial charge in [-0.1, -0.05) is 30.3 Å². The molecule has 0 aliphatic carbocycles. The average Bonchev–Trinajstić information content (AvgIpc) is 2.70. The first-order valence-corrected chi connectivity index (χ1v) is 5.83. The molecule has 0 spiro atoms. The van der Waals surface area contributed by atoms with Crippen LogP contribution in [0.4, 0.5) is 5.82 Å². The highest BCUT2D eigenvalue weighted by molar-refractivity contribution is 7.15. The van der Waals surface area contributed by atoms with E-state index in [1.54, 1.807) is 5.38 Å². The van der Waals surface area contributed by atoms with Gasteiger partial charge in [0.05, 0.1) is 0 Å². The maximum Gasteiger partial charge on any atom is 0.300 e. The van der Waals surface area contributed by atoms with Crippen molar-refractivity contribution in [2.45, 2.75) is 0 Å². The fourth-order valence-corrected chi connectivity index (χ4v) is 2.27. The standard InChI is InChI=1S/C11H8N4OS/c12-8-6-17-11-13-10(16)9(14-15(8)11)7-4-2-1-3-5-7/h1-6H,12H2. The zero-order valence-electron chi connectivity index (χ0n) is 8.70. The summed E-state index contributed by atoms with van der Waals surface area (Å²) in [5, 5.41) is 5.94. The summed E-state index contributed by atoms with van der Waals surface area (Å²) >= 11 is 1.30. The van der Waals surface area contributed by atoms with Crippen LogP contribution in [-0.2, 0) is 0 Å². The normalized spacial score (nSPS) is 10.8. The van der Waals surface area contributed by atoms with Crippen LogP contribution in [0.25, 0.3) is 16.2 Å². The van der Waals surface area contributed by atoms with Crippen molar-refractivity contribution in [1.82, 2.24) is 14.6 Å². The summed E-state index contributed by atoms with van der Waals surface area (Å²) in [7, 11) is 0. The van der Waals surface area contributed by atoms with E-state index in [1.807, 2.05) is 30.3 Å². The third kappa shape index (κ3) is 1.58. The van der Waals surface area contributed by atoms with E-state index in [1.165, 1.54) is 15.9 Å². The number of fused-ring (bicyclic) bond motifs is 1. The van der Waals surface area contributed by atoms with Crippen molar-refractivity contribution in [1.29, 1.82) is 0 Å². The highest BCUT2D eigenvalue weighted by Gasteiger charge is 2.10. The molecule has 0 radical (unpaired) electrons. The van der Waals surface area contributed by atoms with Crippen molar-refractivity contribution in [2.24, 2.45) is 0 Å². The van der Waals surface area contributed by atoms with Crippen molar-refractivity contribution in [3.63, 3.8) is 0 Å². The Labute approximate surface area is 100 Å². The lowest BCUT2D eigenvalue weighted by molar-refractivity contribution is 0.917. The maximum atomic E-state index is 11.8. The molecule has 0 saturated carbocycles. The van der Waals surface area contributed by atoms with Gasteiger partial charge in [-0.25, -0.2) is 0 Å². The molecule has 3 aromatic rings. The van der Waals surface area contributed by atoms with E-state index in [2.05, 4.69) is 10.1 Å². The first-order chi connectivity index (χ1) is 8.25. The fourth-order valence-electron chi connectivity index (χ4n) is 1.56. The van der Waals surface area contributed by atoms with Gasteiger partial charge in [-0.3, -0.25) is 4.79 Å². The van der Waals surface area contributed by atoms with Crippen LogP contribution in [0.1, 0.15) is 0 Å². The molecule has 5 nitrogen and oxygen atoms in total. The Morgan fingerprint density at radius 2 is 2.00 bits per heavy atom. The van der Waals surface area contributed by atoms with Gasteiger partial charge >= 0.3 is 5.56 Å². The van der Waals surface area contributed by atoms with Gasteiger partial charge in [0.25, 0.3) is 0 Å². The zero-order chi connectivity index (χ0) is 11.8. The monoisotopic (exact) mass is 244 g/mol. The van der Waals surface area contributed by atoms with E-state index in [9.17, 15) is 4.79 Å². The summed E-state index contributed by atoms with van der Waals surface area (Å²) in [5.41, 5.74) is 6.46. The van der Waals surface area contributed by atoms with E-state index in [0.717, 1.165) is 5.56 Å². The van der Waals surface area contributed by atoms with Crippen LogP contribution >= 0.6 is 11.3 Å². The van der Waals surface area contributed by atoms with Gasteiger partial charge in [0.1, 0.15) is 5.82 Å². The highest BCUT2D eigenvalue weighted by atomic mass is 32.1. The third-order valence-electron chi connectivity index (χ3n) is 2.36. The molecule has 84 valence electrons. The molecule has 2 N–H and O–H groups in total. The molecular weight excluding hydrogens is 236 g/mol. The molecule has 0 aliphatic heterocycles. The summed E-state index contributed by atoms with van der Waals surface area (Å²) < 4.78 is 1.48. The SMILES string of the molecule is Nc1csc2nc(=O)c(-c3ccccc3)nn12. The number of hydrogen-bond donors (Lipinski definition) is 1. The van der Waals surface area contributed by atoms with E-state index < -0.39 is 0 Å². The number of aromatic nitrogens is 3. The van der Waals surface area contributed by atoms with E-state index in [4.69, 9.17) is 5.73 Å². The second kappa shape index (κ2) is 3.67. The van der Waals surface area contributed by atoms with Crippen molar-refractivity contribution in [3.05, 3.63) is 46.1 Å². The molecule has 3 rings (SSSR count). The van der Waals surface area contributed by atoms with Gasteiger partial charge in [0.2, 0.25) is 4.96 Å². The van der Waals surface area contributed by atoms with E-state index >= 15 is 0 Å². The average molecular weight is 244 g/mol. The number of hydrogen-bond acceptors (Lipinski definition) is 5. The first kappa shape index (κ1) is 9.98. The second-order valence-corrected chi connectivity index (χ2v) is 4.32. The minimum absolute atomic E-state index is 0.313.